The van der Waals surface area contributed by atoms with Gasteiger partial charge in [-0.25, -0.2) is 14.4 Å². The summed E-state index contributed by atoms with van der Waals surface area (Å²) in [7, 11) is 0. The van der Waals surface area contributed by atoms with Gasteiger partial charge in [0.05, 0.1) is 30.7 Å². The lowest BCUT2D eigenvalue weighted by molar-refractivity contribution is -0.144. The molecule has 0 aliphatic rings. The minimum atomic E-state index is -1.72. The standard InChI is InChI=1S/C34H44N4O17S/c39-17-55-27(10-11-28(43)44)38-34(54)37-23(33(52)53)8-9-26(42)35-22(32(50)51)7-6-21(40)13-19(15-29(45)46)30(47)36-24(12-18-4-2-1-3-5-18)25(41)14-20(16-56)31(48)49/h1-5,17,19-20,22-24,27,56H,6-16H2,(H,35,42)(H,36,47)(H,43,44)(H,45,46)(H,48,49)(H,50,51)(H,52,53)(H2,37,38,54)/t19?,20?,22-,23+,24?,27-/m0/s1. The number of nitrogens with one attached hydrogen (secondary N) is 4. The van der Waals surface area contributed by atoms with Crippen molar-refractivity contribution in [2.75, 3.05) is 5.75 Å². The maximum atomic E-state index is 13.3. The van der Waals surface area contributed by atoms with Crippen molar-refractivity contribution in [1.29, 1.82) is 0 Å². The summed E-state index contributed by atoms with van der Waals surface area (Å²) in [6, 6.07) is 2.41. The molecular weight excluding hydrogens is 768 g/mol. The predicted octanol–water partition coefficient (Wildman–Crippen LogP) is -0.400. The van der Waals surface area contributed by atoms with E-state index in [1.807, 2.05) is 5.32 Å². The minimum absolute atomic E-state index is 0.0658. The number of ether oxygens (including phenoxy) is 1. The summed E-state index contributed by atoms with van der Waals surface area (Å²) in [4.78, 5) is 132. The van der Waals surface area contributed by atoms with Crippen molar-refractivity contribution < 1.29 is 83.0 Å². The van der Waals surface area contributed by atoms with Crippen LogP contribution in [0.2, 0.25) is 0 Å². The van der Waals surface area contributed by atoms with Gasteiger partial charge in [0.1, 0.15) is 17.9 Å². The zero-order valence-corrected chi connectivity index (χ0v) is 30.7. The number of thiol groups is 1. The first-order valence-electron chi connectivity index (χ1n) is 16.9. The van der Waals surface area contributed by atoms with Crippen LogP contribution in [-0.2, 0) is 59.1 Å². The molecule has 0 saturated heterocycles. The number of carboxylic acids is 5. The lowest BCUT2D eigenvalue weighted by Crippen LogP contribution is -2.50. The largest absolute Gasteiger partial charge is 0.481 e. The van der Waals surface area contributed by atoms with Gasteiger partial charge in [0.25, 0.3) is 6.47 Å². The third-order valence-electron chi connectivity index (χ3n) is 8.01. The number of ketones is 2. The number of carbonyl (C=O) groups excluding carboxylic acids is 6. The van der Waals surface area contributed by atoms with E-state index in [0.29, 0.717) is 5.56 Å². The molecule has 9 N–H and O–H groups in total. The Morgan fingerprint density at radius 3 is 1.79 bits per heavy atom. The number of carbonyl (C=O) groups is 11. The van der Waals surface area contributed by atoms with Crippen molar-refractivity contribution in [2.45, 2.75) is 88.6 Å². The van der Waals surface area contributed by atoms with Crippen LogP contribution in [0.1, 0.15) is 63.4 Å². The van der Waals surface area contributed by atoms with Crippen molar-refractivity contribution in [3.05, 3.63) is 35.9 Å². The molecule has 3 unspecified atom stereocenters. The second-order valence-corrected chi connectivity index (χ2v) is 12.7. The molecule has 22 heteroatoms. The number of amides is 4. The van der Waals surface area contributed by atoms with Gasteiger partial charge < -0.3 is 51.5 Å². The Hall–Kier alpha value is -6.06. The highest BCUT2D eigenvalue weighted by atomic mass is 32.1. The van der Waals surface area contributed by atoms with Gasteiger partial charge in [-0.15, -0.1) is 0 Å². The quantitative estimate of drug-likeness (QED) is 0.0279. The van der Waals surface area contributed by atoms with Crippen molar-refractivity contribution >= 4 is 78.4 Å². The summed E-state index contributed by atoms with van der Waals surface area (Å²) in [5.41, 5.74) is 0.584. The molecule has 1 aromatic carbocycles. The lowest BCUT2D eigenvalue weighted by atomic mass is 9.92. The summed E-state index contributed by atoms with van der Waals surface area (Å²) in [6.45, 7) is -0.0658. The molecule has 56 heavy (non-hydrogen) atoms. The summed E-state index contributed by atoms with van der Waals surface area (Å²) >= 11 is 3.96. The molecule has 0 fully saturated rings. The Kier molecular flexibility index (Phi) is 21.5. The fourth-order valence-electron chi connectivity index (χ4n) is 5.05. The molecule has 1 rings (SSSR count). The van der Waals surface area contributed by atoms with E-state index in [1.165, 1.54) is 0 Å². The van der Waals surface area contributed by atoms with E-state index >= 15 is 0 Å². The van der Waals surface area contributed by atoms with E-state index in [1.54, 1.807) is 30.3 Å². The molecule has 0 aromatic heterocycles. The molecule has 0 bridgehead atoms. The zero-order valence-electron chi connectivity index (χ0n) is 29.8. The highest BCUT2D eigenvalue weighted by Crippen LogP contribution is 2.17. The van der Waals surface area contributed by atoms with Gasteiger partial charge in [-0.3, -0.25) is 38.4 Å². The van der Waals surface area contributed by atoms with Gasteiger partial charge in [-0.1, -0.05) is 30.3 Å². The topological polar surface area (TPSA) is 346 Å². The number of benzene rings is 1. The fourth-order valence-corrected chi connectivity index (χ4v) is 5.33. The number of carboxylic acid groups (broad SMARTS) is 5. The summed E-state index contributed by atoms with van der Waals surface area (Å²) < 4.78 is 4.54. The second kappa shape index (κ2) is 25.1. The van der Waals surface area contributed by atoms with Gasteiger partial charge in [-0.2, -0.15) is 12.6 Å². The highest BCUT2D eigenvalue weighted by molar-refractivity contribution is 7.80. The molecule has 21 nitrogen and oxygen atoms in total. The molecule has 0 radical (unpaired) electrons. The van der Waals surface area contributed by atoms with Gasteiger partial charge in [0.15, 0.2) is 12.0 Å². The Balaban J connectivity index is 2.91. The van der Waals surface area contributed by atoms with E-state index in [9.17, 15) is 73.2 Å². The van der Waals surface area contributed by atoms with Crippen molar-refractivity contribution in [3.63, 3.8) is 0 Å². The van der Waals surface area contributed by atoms with Crippen LogP contribution in [0, 0.1) is 11.8 Å². The van der Waals surface area contributed by atoms with E-state index in [4.69, 9.17) is 5.11 Å². The van der Waals surface area contributed by atoms with Crippen LogP contribution >= 0.6 is 12.6 Å². The third-order valence-corrected chi connectivity index (χ3v) is 8.45. The van der Waals surface area contributed by atoms with Crippen LogP contribution in [0.25, 0.3) is 0 Å². The molecule has 308 valence electrons. The first kappa shape index (κ1) is 48.0. The van der Waals surface area contributed by atoms with Crippen LogP contribution in [0.3, 0.4) is 0 Å². The number of rotatable bonds is 29. The average Bonchev–Trinajstić information content (AvgIpc) is 3.12. The van der Waals surface area contributed by atoms with Gasteiger partial charge >= 0.3 is 35.9 Å². The molecular formula is C34H44N4O17S. The predicted molar refractivity (Wildman–Crippen MR) is 191 cm³/mol. The number of hydrogen-bond donors (Lipinski definition) is 10. The first-order chi connectivity index (χ1) is 26.4. The number of urea groups is 1. The number of hydrogen-bond acceptors (Lipinski definition) is 13. The molecule has 0 heterocycles. The maximum Gasteiger partial charge on any atom is 0.326 e. The number of aliphatic carboxylic acids is 5. The Morgan fingerprint density at radius 2 is 1.25 bits per heavy atom. The second-order valence-electron chi connectivity index (χ2n) is 12.4. The van der Waals surface area contributed by atoms with Crippen molar-refractivity contribution in [2.24, 2.45) is 11.8 Å². The Morgan fingerprint density at radius 1 is 0.643 bits per heavy atom. The molecule has 0 saturated carbocycles. The number of Topliss-reactive ketones (excluding diaryl/α,β-unsaturated/α-hetero) is 2. The van der Waals surface area contributed by atoms with Crippen LogP contribution in [0.5, 0.6) is 0 Å². The highest BCUT2D eigenvalue weighted by Gasteiger charge is 2.32. The molecule has 0 spiro atoms. The summed E-state index contributed by atoms with van der Waals surface area (Å²) in [6.07, 6.45) is -6.75. The average molecular weight is 813 g/mol. The maximum absolute atomic E-state index is 13.3. The summed E-state index contributed by atoms with van der Waals surface area (Å²) in [5, 5.41) is 55.3. The van der Waals surface area contributed by atoms with Gasteiger partial charge in [0.2, 0.25) is 11.8 Å². The minimum Gasteiger partial charge on any atom is -0.481 e. The molecule has 0 aliphatic heterocycles. The zero-order chi connectivity index (χ0) is 42.4. The van der Waals surface area contributed by atoms with E-state index in [2.05, 4.69) is 33.3 Å². The smallest absolute Gasteiger partial charge is 0.326 e. The monoisotopic (exact) mass is 812 g/mol. The summed E-state index contributed by atoms with van der Waals surface area (Å²) in [5.74, 6) is -13.6. The molecule has 4 amide bonds. The normalized spacial score (nSPS) is 13.9. The third kappa shape index (κ3) is 19.3. The molecule has 6 atom stereocenters. The fraction of sp³-hybridized carbons (Fsp3) is 0.500. The SMILES string of the molecule is O=CO[C@@H](CCC(=O)O)NC(=O)N[C@H](CCC(=O)N[C@@H](CCC(=O)CC(CC(=O)O)C(=O)NC(Cc1ccccc1)C(=O)CC(CS)C(=O)O)C(=O)O)C(=O)O. The van der Waals surface area contributed by atoms with Crippen LogP contribution in [0.4, 0.5) is 4.79 Å². The van der Waals surface area contributed by atoms with Crippen LogP contribution in [0.15, 0.2) is 30.3 Å². The van der Waals surface area contributed by atoms with Gasteiger partial charge in [0, 0.05) is 37.9 Å². The van der Waals surface area contributed by atoms with Crippen molar-refractivity contribution in [3.8, 4) is 0 Å². The lowest BCUT2D eigenvalue weighted by Gasteiger charge is -2.22. The van der Waals surface area contributed by atoms with E-state index in [0.717, 1.165) is 0 Å². The van der Waals surface area contributed by atoms with Crippen LogP contribution < -0.4 is 21.3 Å². The van der Waals surface area contributed by atoms with Crippen molar-refractivity contribution in [1.82, 2.24) is 21.3 Å². The Labute approximate surface area is 324 Å². The first-order valence-corrected chi connectivity index (χ1v) is 17.6. The van der Waals surface area contributed by atoms with Gasteiger partial charge in [-0.05, 0) is 24.8 Å². The van der Waals surface area contributed by atoms with E-state index < -0.39 is 147 Å². The molecule has 0 aliphatic carbocycles. The van der Waals surface area contributed by atoms with Crippen LogP contribution in [-0.4, -0.2) is 121 Å². The Bertz CT molecular complexity index is 1590. The van der Waals surface area contributed by atoms with E-state index in [-0.39, 0.29) is 25.1 Å². The molecule has 1 aromatic rings.